The minimum absolute atomic E-state index is 0.238. The van der Waals surface area contributed by atoms with Gasteiger partial charge in [0.05, 0.1) is 45.7 Å². The number of carbonyl (C=O) groups is 2. The molecular weight excluding hydrogens is 599 g/mol. The molecule has 45 heavy (non-hydrogen) atoms. The Hall–Kier alpha value is -4.08. The van der Waals surface area contributed by atoms with Crippen LogP contribution in [0.5, 0.6) is 11.5 Å². The summed E-state index contributed by atoms with van der Waals surface area (Å²) in [4.78, 5) is 35.9. The molecule has 1 N–H and O–H groups in total. The molecule has 0 saturated heterocycles. The normalized spacial score (nSPS) is 25.2. The third-order valence-corrected chi connectivity index (χ3v) is 9.91. The van der Waals surface area contributed by atoms with Crippen LogP contribution in [0.15, 0.2) is 90.0 Å². The van der Waals surface area contributed by atoms with E-state index in [4.69, 9.17) is 28.2 Å². The van der Waals surface area contributed by atoms with Crippen LogP contribution in [0.2, 0.25) is 0 Å². The van der Waals surface area contributed by atoms with Gasteiger partial charge in [-0.15, -0.1) is 9.42 Å². The highest BCUT2D eigenvalue weighted by Crippen LogP contribution is 2.66. The Morgan fingerprint density at radius 1 is 0.689 bits per heavy atom. The molecule has 2 fully saturated rings. The second-order valence-corrected chi connectivity index (χ2v) is 12.0. The van der Waals surface area contributed by atoms with Crippen LogP contribution in [0, 0.1) is 23.7 Å². The molecule has 0 amide bonds. The fraction of sp³-hybridized carbons (Fsp3) is 0.353. The van der Waals surface area contributed by atoms with Gasteiger partial charge in [0.2, 0.25) is 0 Å². The van der Waals surface area contributed by atoms with Crippen LogP contribution in [-0.4, -0.2) is 57.5 Å². The van der Waals surface area contributed by atoms with Crippen LogP contribution in [0.3, 0.4) is 0 Å². The van der Waals surface area contributed by atoms with Gasteiger partial charge in [-0.05, 0) is 53.3 Å². The molecule has 11 heteroatoms. The van der Waals surface area contributed by atoms with Crippen molar-refractivity contribution < 1.29 is 47.3 Å². The quantitative estimate of drug-likeness (QED) is 0.176. The summed E-state index contributed by atoms with van der Waals surface area (Å²) in [6.07, 6.45) is -1.11. The van der Waals surface area contributed by atoms with Gasteiger partial charge in [-0.25, -0.2) is 9.59 Å². The van der Waals surface area contributed by atoms with Gasteiger partial charge in [-0.2, -0.15) is 0 Å². The van der Waals surface area contributed by atoms with E-state index in [-0.39, 0.29) is 28.9 Å². The molecule has 10 nitrogen and oxygen atoms in total. The molecule has 234 valence electrons. The third-order valence-electron chi connectivity index (χ3n) is 9.49. The van der Waals surface area contributed by atoms with E-state index in [0.717, 1.165) is 16.7 Å². The lowest BCUT2D eigenvalue weighted by atomic mass is 9.59. The molecule has 3 aliphatic carbocycles. The number of benzene rings is 3. The van der Waals surface area contributed by atoms with Crippen molar-refractivity contribution in [1.82, 2.24) is 0 Å². The molecule has 3 aromatic rings. The molecule has 0 aliphatic heterocycles. The maximum absolute atomic E-state index is 13.0. The molecule has 0 heterocycles. The summed E-state index contributed by atoms with van der Waals surface area (Å²) in [5.41, 5.74) is 1.62. The van der Waals surface area contributed by atoms with Gasteiger partial charge in [0.25, 0.3) is 0 Å². The number of fused-ring (bicyclic) bond motifs is 5. The van der Waals surface area contributed by atoms with Crippen LogP contribution < -0.4 is 9.47 Å². The average Bonchev–Trinajstić information content (AvgIpc) is 3.55. The lowest BCUT2D eigenvalue weighted by Gasteiger charge is -2.48. The van der Waals surface area contributed by atoms with E-state index in [0.29, 0.717) is 17.9 Å². The van der Waals surface area contributed by atoms with E-state index in [1.165, 1.54) is 14.2 Å². The number of esters is 2. The van der Waals surface area contributed by atoms with Crippen molar-refractivity contribution in [3.8, 4) is 11.5 Å². The van der Waals surface area contributed by atoms with Crippen molar-refractivity contribution in [3.63, 3.8) is 0 Å². The van der Waals surface area contributed by atoms with Crippen molar-refractivity contribution in [2.45, 2.75) is 24.2 Å². The summed E-state index contributed by atoms with van der Waals surface area (Å²) in [6.45, 7) is 0. The third kappa shape index (κ3) is 5.02. The Kier molecular flexibility index (Phi) is 8.50. The van der Waals surface area contributed by atoms with Gasteiger partial charge < -0.3 is 23.7 Å². The smallest absolute Gasteiger partial charge is 0.497 e. The molecule has 0 radical (unpaired) electrons. The van der Waals surface area contributed by atoms with Gasteiger partial charge in [-0.3, -0.25) is 0 Å². The number of ether oxygens (including phenoxy) is 5. The number of hydrogen-bond acceptors (Lipinski definition) is 9. The highest BCUT2D eigenvalue weighted by atomic mass is 31.1. The molecule has 1 unspecified atom stereocenters. The SMILES string of the molecule is COC(=O)C1=C(C(=O)OC)[C@H]2[C@H]3C[C@H]([C@@H](OC(c4ccccc4)(c4ccc(OC)cc4)c4ccc(OC)cc4)[C@@H]3O[P+](=O)O)[C@@H]12. The Bertz CT molecular complexity index is 1570. The van der Waals surface area contributed by atoms with Crippen molar-refractivity contribution in [2.75, 3.05) is 28.4 Å². The first-order valence-corrected chi connectivity index (χ1v) is 15.7. The molecule has 0 spiro atoms. The van der Waals surface area contributed by atoms with E-state index in [1.54, 1.807) is 14.2 Å². The van der Waals surface area contributed by atoms with E-state index >= 15 is 0 Å². The second kappa shape index (κ2) is 12.4. The molecule has 7 atom stereocenters. The van der Waals surface area contributed by atoms with Crippen LogP contribution in [-0.2, 0) is 38.5 Å². The maximum Gasteiger partial charge on any atom is 0.695 e. The first kappa shape index (κ1) is 30.9. The van der Waals surface area contributed by atoms with Gasteiger partial charge in [0.15, 0.2) is 0 Å². The first-order valence-electron chi connectivity index (χ1n) is 14.5. The molecule has 2 saturated carbocycles. The van der Waals surface area contributed by atoms with E-state index in [2.05, 4.69) is 0 Å². The number of methoxy groups -OCH3 is 4. The zero-order valence-electron chi connectivity index (χ0n) is 25.2. The van der Waals surface area contributed by atoms with Gasteiger partial charge in [-0.1, -0.05) is 54.6 Å². The minimum Gasteiger partial charge on any atom is -0.497 e. The fourth-order valence-corrected chi connectivity index (χ4v) is 8.18. The highest BCUT2D eigenvalue weighted by Gasteiger charge is 2.70. The Balaban J connectivity index is 1.54. The Labute approximate surface area is 261 Å². The fourth-order valence-electron chi connectivity index (χ4n) is 7.70. The van der Waals surface area contributed by atoms with Gasteiger partial charge in [0.1, 0.15) is 23.2 Å². The predicted octanol–water partition coefficient (Wildman–Crippen LogP) is 4.95. The van der Waals surface area contributed by atoms with E-state index in [9.17, 15) is 19.0 Å². The molecule has 3 aliphatic rings. The van der Waals surface area contributed by atoms with Crippen LogP contribution >= 0.6 is 8.25 Å². The Morgan fingerprint density at radius 2 is 1.13 bits per heavy atom. The summed E-state index contributed by atoms with van der Waals surface area (Å²) in [7, 11) is 2.69. The van der Waals surface area contributed by atoms with Crippen LogP contribution in [0.1, 0.15) is 23.1 Å². The average molecular weight is 634 g/mol. The van der Waals surface area contributed by atoms with Crippen LogP contribution in [0.4, 0.5) is 0 Å². The number of rotatable bonds is 11. The predicted molar refractivity (Wildman–Crippen MR) is 162 cm³/mol. The summed E-state index contributed by atoms with van der Waals surface area (Å²) in [5, 5.41) is 0. The van der Waals surface area contributed by atoms with Crippen molar-refractivity contribution in [1.29, 1.82) is 0 Å². The van der Waals surface area contributed by atoms with Gasteiger partial charge in [0, 0.05) is 22.3 Å². The zero-order valence-corrected chi connectivity index (χ0v) is 26.1. The molecule has 2 bridgehead atoms. The monoisotopic (exact) mass is 633 g/mol. The highest BCUT2D eigenvalue weighted by molar-refractivity contribution is 7.32. The van der Waals surface area contributed by atoms with Crippen molar-refractivity contribution in [3.05, 3.63) is 107 Å². The van der Waals surface area contributed by atoms with Crippen molar-refractivity contribution >= 4 is 20.2 Å². The summed E-state index contributed by atoms with van der Waals surface area (Å²) in [6, 6.07) is 24.8. The molecule has 6 rings (SSSR count). The van der Waals surface area contributed by atoms with Gasteiger partial charge >= 0.3 is 20.2 Å². The summed E-state index contributed by atoms with van der Waals surface area (Å²) >= 11 is 0. The first-order chi connectivity index (χ1) is 21.8. The van der Waals surface area contributed by atoms with E-state index in [1.807, 2.05) is 78.9 Å². The lowest BCUT2D eigenvalue weighted by Crippen LogP contribution is -2.54. The maximum atomic E-state index is 13.0. The summed E-state index contributed by atoms with van der Waals surface area (Å²) in [5.74, 6) is -1.38. The number of hydrogen-bond donors (Lipinski definition) is 1. The zero-order chi connectivity index (χ0) is 31.9. The summed E-state index contributed by atoms with van der Waals surface area (Å²) < 4.78 is 46.3. The standard InChI is InChI=1S/C34H33O10P/c1-39-22-14-10-20(11-15-22)34(19-8-6-5-7-9-19,21-12-16-23(40-2)17-13-21)43-30-24-18-25(31(30)44-45(37)38)27-26(24)28(32(35)41-3)29(27)33(36)42-4/h5-17,24-27,30-31H,18H2,1-4H3/p+1/t24-,25+,26+,27-,30+,31+/m0/s1. The van der Waals surface area contributed by atoms with E-state index < -0.39 is 43.9 Å². The topological polar surface area (TPSA) is 127 Å². The minimum atomic E-state index is -3.02. The van der Waals surface area contributed by atoms with Crippen LogP contribution in [0.25, 0.3) is 0 Å². The molecule has 3 aromatic carbocycles. The lowest BCUT2D eigenvalue weighted by molar-refractivity contribution is -0.152. The molecule has 0 aromatic heterocycles. The van der Waals surface area contributed by atoms with Crippen molar-refractivity contribution in [2.24, 2.45) is 23.7 Å². The number of carbonyl (C=O) groups excluding carboxylic acids is 2. The second-order valence-electron chi connectivity index (χ2n) is 11.3. The largest absolute Gasteiger partial charge is 0.695 e. The Morgan fingerprint density at radius 3 is 1.56 bits per heavy atom. The molecular formula is C34H34O10P+.